The van der Waals surface area contributed by atoms with E-state index in [1.807, 2.05) is 42.9 Å². The predicted octanol–water partition coefficient (Wildman–Crippen LogP) is 4.08. The molecule has 0 bridgehead atoms. The molecule has 31 heavy (non-hydrogen) atoms. The molecule has 1 aromatic carbocycles. The zero-order valence-electron chi connectivity index (χ0n) is 19.6. The highest BCUT2D eigenvalue weighted by atomic mass is 127. The van der Waals surface area contributed by atoms with Crippen LogP contribution in [0.1, 0.15) is 56.1 Å². The third-order valence-corrected chi connectivity index (χ3v) is 5.03. The summed E-state index contributed by atoms with van der Waals surface area (Å²) in [7, 11) is 1.98. The highest BCUT2D eigenvalue weighted by molar-refractivity contribution is 14.0. The summed E-state index contributed by atoms with van der Waals surface area (Å²) in [6.07, 6.45) is 2.28. The summed E-state index contributed by atoms with van der Waals surface area (Å²) in [5.41, 5.74) is 5.48. The van der Waals surface area contributed by atoms with Crippen molar-refractivity contribution in [3.8, 4) is 0 Å². The van der Waals surface area contributed by atoms with E-state index in [9.17, 15) is 4.79 Å². The van der Waals surface area contributed by atoms with Crippen molar-refractivity contribution in [2.75, 3.05) is 11.9 Å². The van der Waals surface area contributed by atoms with Crippen molar-refractivity contribution in [2.45, 2.75) is 66.5 Å². The molecule has 7 nitrogen and oxygen atoms in total. The van der Waals surface area contributed by atoms with Crippen molar-refractivity contribution in [3.63, 3.8) is 0 Å². The van der Waals surface area contributed by atoms with Crippen molar-refractivity contribution < 1.29 is 4.79 Å². The van der Waals surface area contributed by atoms with E-state index >= 15 is 0 Å². The number of hydrogen-bond acceptors (Lipinski definition) is 3. The molecule has 1 amide bonds. The Balaban J connectivity index is 0.00000480. The zero-order valence-corrected chi connectivity index (χ0v) is 21.9. The molecule has 0 aliphatic rings. The Bertz CT molecular complexity index is 860. The first-order chi connectivity index (χ1) is 14.3. The van der Waals surface area contributed by atoms with E-state index in [1.165, 1.54) is 11.3 Å². The molecule has 1 heterocycles. The highest BCUT2D eigenvalue weighted by Crippen LogP contribution is 2.14. The van der Waals surface area contributed by atoms with Crippen LogP contribution in [-0.4, -0.2) is 34.2 Å². The molecule has 0 spiro atoms. The summed E-state index contributed by atoms with van der Waals surface area (Å²) in [6, 6.07) is 8.08. The van der Waals surface area contributed by atoms with Crippen molar-refractivity contribution in [3.05, 3.63) is 46.8 Å². The molecule has 2 rings (SSSR count). The molecule has 0 aliphatic heterocycles. The van der Waals surface area contributed by atoms with Crippen LogP contribution in [0.3, 0.4) is 0 Å². The van der Waals surface area contributed by atoms with Gasteiger partial charge in [0, 0.05) is 37.4 Å². The van der Waals surface area contributed by atoms with Gasteiger partial charge in [-0.05, 0) is 63.8 Å². The van der Waals surface area contributed by atoms with Gasteiger partial charge in [0.25, 0.3) is 0 Å². The lowest BCUT2D eigenvalue weighted by atomic mass is 10.1. The van der Waals surface area contributed by atoms with E-state index in [2.05, 4.69) is 48.7 Å². The fourth-order valence-electron chi connectivity index (χ4n) is 3.34. The Hall–Kier alpha value is -2.10. The normalized spacial score (nSPS) is 12.1. The molecule has 0 radical (unpaired) electrons. The standard InChI is InChI=1S/C23H36N6O.HI/c1-7-9-22(30)27-20-12-10-19(11-13-20)15-25-23(24-8-2)26-16(3)14-21-17(4)28-29(6)18(21)5;/h10-13,16H,7-9,14-15H2,1-6H3,(H,27,30)(H2,24,25,26);1H. The number of hydrogen-bond donors (Lipinski definition) is 3. The monoisotopic (exact) mass is 540 g/mol. The maximum atomic E-state index is 11.7. The van der Waals surface area contributed by atoms with Gasteiger partial charge in [0.05, 0.1) is 12.2 Å². The average molecular weight is 540 g/mol. The van der Waals surface area contributed by atoms with Crippen molar-refractivity contribution in [1.82, 2.24) is 20.4 Å². The van der Waals surface area contributed by atoms with Crippen LogP contribution >= 0.6 is 24.0 Å². The number of amides is 1. The van der Waals surface area contributed by atoms with Gasteiger partial charge in [-0.2, -0.15) is 5.10 Å². The number of carbonyl (C=O) groups is 1. The van der Waals surface area contributed by atoms with Crippen molar-refractivity contribution >= 4 is 41.5 Å². The number of halogens is 1. The fourth-order valence-corrected chi connectivity index (χ4v) is 3.34. The number of nitrogens with one attached hydrogen (secondary N) is 3. The Morgan fingerprint density at radius 3 is 2.42 bits per heavy atom. The summed E-state index contributed by atoms with van der Waals surface area (Å²) >= 11 is 0. The van der Waals surface area contributed by atoms with Crippen molar-refractivity contribution in [1.29, 1.82) is 0 Å². The van der Waals surface area contributed by atoms with Gasteiger partial charge in [0.2, 0.25) is 5.91 Å². The number of rotatable bonds is 9. The molecule has 1 unspecified atom stereocenters. The Morgan fingerprint density at radius 1 is 1.19 bits per heavy atom. The van der Waals surface area contributed by atoms with E-state index < -0.39 is 0 Å². The van der Waals surface area contributed by atoms with Crippen LogP contribution in [-0.2, 0) is 24.8 Å². The Labute approximate surface area is 203 Å². The third kappa shape index (κ3) is 8.51. The summed E-state index contributed by atoms with van der Waals surface area (Å²) < 4.78 is 1.94. The largest absolute Gasteiger partial charge is 0.357 e. The van der Waals surface area contributed by atoms with Gasteiger partial charge in [-0.15, -0.1) is 24.0 Å². The summed E-state index contributed by atoms with van der Waals surface area (Å²) in [5, 5.41) is 14.2. The van der Waals surface area contributed by atoms with Gasteiger partial charge in [0.15, 0.2) is 5.96 Å². The van der Waals surface area contributed by atoms with E-state index in [4.69, 9.17) is 4.99 Å². The number of aliphatic imine (C=N–C) groups is 1. The molecule has 2 aromatic rings. The van der Waals surface area contributed by atoms with Gasteiger partial charge >= 0.3 is 0 Å². The first-order valence-electron chi connectivity index (χ1n) is 10.8. The topological polar surface area (TPSA) is 83.3 Å². The number of aryl methyl sites for hydroxylation is 2. The average Bonchev–Trinajstić information content (AvgIpc) is 2.93. The highest BCUT2D eigenvalue weighted by Gasteiger charge is 2.14. The van der Waals surface area contributed by atoms with Crippen LogP contribution < -0.4 is 16.0 Å². The molecule has 3 N–H and O–H groups in total. The predicted molar refractivity (Wildman–Crippen MR) is 139 cm³/mol. The molecule has 0 saturated carbocycles. The Kier molecular flexibility index (Phi) is 11.6. The second-order valence-electron chi connectivity index (χ2n) is 7.71. The smallest absolute Gasteiger partial charge is 0.224 e. The van der Waals surface area contributed by atoms with E-state index in [-0.39, 0.29) is 35.9 Å². The number of benzene rings is 1. The minimum Gasteiger partial charge on any atom is -0.357 e. The number of guanidine groups is 1. The zero-order chi connectivity index (χ0) is 22.1. The molecule has 172 valence electrons. The van der Waals surface area contributed by atoms with Gasteiger partial charge in [-0.1, -0.05) is 19.1 Å². The fraction of sp³-hybridized carbons (Fsp3) is 0.522. The maximum Gasteiger partial charge on any atom is 0.224 e. The lowest BCUT2D eigenvalue weighted by Gasteiger charge is -2.18. The first kappa shape index (κ1) is 26.9. The Morgan fingerprint density at radius 2 is 1.87 bits per heavy atom. The minimum absolute atomic E-state index is 0. The lowest BCUT2D eigenvalue weighted by Crippen LogP contribution is -2.43. The summed E-state index contributed by atoms with van der Waals surface area (Å²) in [5.74, 6) is 0.847. The van der Waals surface area contributed by atoms with Crippen LogP contribution in [0.25, 0.3) is 0 Å². The SMILES string of the molecule is CCCC(=O)Nc1ccc(CN=C(NCC)NC(C)Cc2c(C)nn(C)c2C)cc1.I. The van der Waals surface area contributed by atoms with Crippen LogP contribution in [0.15, 0.2) is 29.3 Å². The van der Waals surface area contributed by atoms with Crippen molar-refractivity contribution in [2.24, 2.45) is 12.0 Å². The second-order valence-corrected chi connectivity index (χ2v) is 7.71. The van der Waals surface area contributed by atoms with E-state index in [0.717, 1.165) is 42.3 Å². The van der Waals surface area contributed by atoms with Crippen LogP contribution in [0, 0.1) is 13.8 Å². The molecular formula is C23H37IN6O. The van der Waals surface area contributed by atoms with Gasteiger partial charge in [-0.3, -0.25) is 9.48 Å². The van der Waals surface area contributed by atoms with Gasteiger partial charge in [0.1, 0.15) is 0 Å². The van der Waals surface area contributed by atoms with Crippen LogP contribution in [0.2, 0.25) is 0 Å². The maximum absolute atomic E-state index is 11.7. The molecule has 0 fully saturated rings. The van der Waals surface area contributed by atoms with Crippen LogP contribution in [0.4, 0.5) is 5.69 Å². The number of anilines is 1. The second kappa shape index (κ2) is 13.3. The molecule has 1 aromatic heterocycles. The third-order valence-electron chi connectivity index (χ3n) is 5.03. The summed E-state index contributed by atoms with van der Waals surface area (Å²) in [4.78, 5) is 16.4. The summed E-state index contributed by atoms with van der Waals surface area (Å²) in [6.45, 7) is 11.7. The first-order valence-corrected chi connectivity index (χ1v) is 10.8. The molecule has 0 saturated heterocycles. The molecular weight excluding hydrogens is 503 g/mol. The molecule has 8 heteroatoms. The van der Waals surface area contributed by atoms with E-state index in [0.29, 0.717) is 13.0 Å². The quantitative estimate of drug-likeness (QED) is 0.254. The van der Waals surface area contributed by atoms with Crippen LogP contribution in [0.5, 0.6) is 0 Å². The molecule has 0 aliphatic carbocycles. The van der Waals surface area contributed by atoms with E-state index in [1.54, 1.807) is 0 Å². The molecule has 1 atom stereocenters. The number of aromatic nitrogens is 2. The number of carbonyl (C=O) groups excluding carboxylic acids is 1. The lowest BCUT2D eigenvalue weighted by molar-refractivity contribution is -0.116. The minimum atomic E-state index is 0. The number of nitrogens with zero attached hydrogens (tertiary/aromatic N) is 3. The van der Waals surface area contributed by atoms with Gasteiger partial charge < -0.3 is 16.0 Å². The van der Waals surface area contributed by atoms with Gasteiger partial charge in [-0.25, -0.2) is 4.99 Å².